The molecular formula is C41H69N5O12. The highest BCUT2D eigenvalue weighted by molar-refractivity contribution is 5.82. The summed E-state index contributed by atoms with van der Waals surface area (Å²) in [5.41, 5.74) is 4.84. The highest BCUT2D eigenvalue weighted by Gasteiger charge is 2.62. The Bertz CT molecular complexity index is 1610. The summed E-state index contributed by atoms with van der Waals surface area (Å²) in [6, 6.07) is -0.102. The molecule has 0 aromatic carbocycles. The molecule has 5 rings (SSSR count). The number of hydrogen-bond donors (Lipinski definition) is 4. The minimum absolute atomic E-state index is 0.0197. The van der Waals surface area contributed by atoms with Crippen LogP contribution in [0.2, 0.25) is 0 Å². The Morgan fingerprint density at radius 3 is 2.10 bits per heavy atom. The molecule has 58 heavy (non-hydrogen) atoms. The van der Waals surface area contributed by atoms with Gasteiger partial charge in [-0.3, -0.25) is 19.1 Å². The van der Waals surface area contributed by atoms with Gasteiger partial charge >= 0.3 is 11.8 Å². The lowest BCUT2D eigenvalue weighted by atomic mass is 9.98. The molecule has 17 heteroatoms. The van der Waals surface area contributed by atoms with Crippen molar-refractivity contribution in [1.29, 1.82) is 0 Å². The highest BCUT2D eigenvalue weighted by Crippen LogP contribution is 2.47. The van der Waals surface area contributed by atoms with Crippen molar-refractivity contribution in [3.05, 3.63) is 33.1 Å². The van der Waals surface area contributed by atoms with Crippen LogP contribution in [0.3, 0.4) is 0 Å². The first kappa shape index (κ1) is 46.2. The zero-order chi connectivity index (χ0) is 42.3. The predicted octanol–water partition coefficient (Wildman–Crippen LogP) is 4.25. The van der Waals surface area contributed by atoms with E-state index in [0.29, 0.717) is 19.4 Å². The van der Waals surface area contributed by atoms with E-state index in [1.54, 1.807) is 34.6 Å². The van der Waals surface area contributed by atoms with E-state index < -0.39 is 102 Å². The molecule has 10 atom stereocenters. The number of nitrogens with zero attached hydrogens (tertiary/aromatic N) is 1. The molecule has 0 saturated carbocycles. The summed E-state index contributed by atoms with van der Waals surface area (Å²) in [7, 11) is 0. The van der Waals surface area contributed by atoms with Crippen LogP contribution < -0.4 is 27.6 Å². The molecule has 1 aromatic heterocycles. The van der Waals surface area contributed by atoms with Gasteiger partial charge in [0.1, 0.15) is 54.4 Å². The fraction of sp³-hybridized carbons (Fsp3) is 0.854. The molecule has 5 N–H and O–H groups in total. The molecule has 5 heterocycles. The molecule has 17 nitrogen and oxygen atoms in total. The van der Waals surface area contributed by atoms with Crippen molar-refractivity contribution >= 4 is 12.0 Å². The van der Waals surface area contributed by atoms with Crippen LogP contribution in [0.4, 0.5) is 4.79 Å². The molecule has 4 aliphatic rings. The average Bonchev–Trinajstić information content (AvgIpc) is 3.88. The third-order valence-electron chi connectivity index (χ3n) is 11.2. The molecule has 0 bridgehead atoms. The summed E-state index contributed by atoms with van der Waals surface area (Å²) in [6.07, 6.45) is 4.98. The van der Waals surface area contributed by atoms with E-state index in [2.05, 4.69) is 22.5 Å². The first-order valence-corrected chi connectivity index (χ1v) is 21.5. The maximum atomic E-state index is 13.9. The van der Waals surface area contributed by atoms with Crippen LogP contribution in [0.15, 0.2) is 21.9 Å². The first-order chi connectivity index (χ1) is 27.5. The van der Waals surface area contributed by atoms with Crippen LogP contribution in [0.25, 0.3) is 0 Å². The van der Waals surface area contributed by atoms with Crippen LogP contribution in [-0.4, -0.2) is 107 Å². The maximum absolute atomic E-state index is 13.9. The van der Waals surface area contributed by atoms with Crippen molar-refractivity contribution in [3.8, 4) is 0 Å². The van der Waals surface area contributed by atoms with Crippen molar-refractivity contribution in [2.75, 3.05) is 13.1 Å². The summed E-state index contributed by atoms with van der Waals surface area (Å²) in [6.45, 7) is 15.4. The van der Waals surface area contributed by atoms with Gasteiger partial charge in [0.15, 0.2) is 24.1 Å². The molecule has 0 radical (unpaired) electrons. The zero-order valence-corrected chi connectivity index (χ0v) is 35.8. The average molecular weight is 824 g/mol. The number of nitrogens with two attached hydrogens (primary N) is 1. The van der Waals surface area contributed by atoms with E-state index in [1.165, 1.54) is 55.4 Å². The number of alkyl carbamates (subject to hydrolysis) is 1. The Balaban J connectivity index is 1.35. The third-order valence-corrected chi connectivity index (χ3v) is 11.2. The number of fused-ring (bicyclic) bond motifs is 2. The standard InChI is InChI=1S/C41H69N5O12/c1-9-12-13-14-15-16-17-18-19-20-22-43-34(48)27(42)29(30-31-32(55-40(7,8)54-31)35(52-30)46-23-21-26(47)45-37(46)49)53-36-33-28(56-41(10-2,11-3)57-33)25(51-36)24-44-38(50)58-39(4,5)6/h21,23,25,27-33,35-36H,9-20,22,24,42H2,1-8H3,(H,43,48)(H,44,50)(H,45,47,49)/t25-,27+,28-,29+,30-,31-,32-,33-,35-,36+/m1/s1. The smallest absolute Gasteiger partial charge is 0.407 e. The normalized spacial score (nSPS) is 29.5. The number of carbonyl (C=O) groups is 2. The van der Waals surface area contributed by atoms with Gasteiger partial charge in [-0.15, -0.1) is 0 Å². The van der Waals surface area contributed by atoms with Gasteiger partial charge < -0.3 is 54.3 Å². The highest BCUT2D eigenvalue weighted by atomic mass is 16.8. The Labute approximate surface area is 342 Å². The molecule has 0 aliphatic carbocycles. The van der Waals surface area contributed by atoms with Gasteiger partial charge in [-0.05, 0) is 53.9 Å². The van der Waals surface area contributed by atoms with Crippen molar-refractivity contribution in [2.24, 2.45) is 5.73 Å². The monoisotopic (exact) mass is 823 g/mol. The Kier molecular flexibility index (Phi) is 16.0. The second kappa shape index (κ2) is 20.1. The largest absolute Gasteiger partial charge is 0.444 e. The van der Waals surface area contributed by atoms with Crippen molar-refractivity contribution in [2.45, 2.75) is 211 Å². The first-order valence-electron chi connectivity index (χ1n) is 21.5. The van der Waals surface area contributed by atoms with E-state index >= 15 is 0 Å². The number of H-pyrrole nitrogens is 1. The number of nitrogens with one attached hydrogen (secondary N) is 3. The third kappa shape index (κ3) is 11.7. The SMILES string of the molecule is CCCCCCCCCCCCNC(=O)[C@@H](N)[C@H](O[C@@H]1O[C@H](CNC(=O)OC(C)(C)C)[C@H]2OC(CC)(CC)O[C@@H]12)[C@H]1O[C@@H](n2ccc(=O)[nH]c2=O)[C@@H]2OC(C)(C)O[C@H]12. The second-order valence-corrected chi connectivity index (χ2v) is 17.4. The molecule has 0 spiro atoms. The van der Waals surface area contributed by atoms with Crippen LogP contribution in [0, 0.1) is 0 Å². The zero-order valence-electron chi connectivity index (χ0n) is 35.8. The molecule has 4 aliphatic heterocycles. The Morgan fingerprint density at radius 2 is 1.48 bits per heavy atom. The molecule has 4 saturated heterocycles. The van der Waals surface area contributed by atoms with Crippen molar-refractivity contribution < 1.29 is 47.5 Å². The predicted molar refractivity (Wildman–Crippen MR) is 213 cm³/mol. The number of carbonyl (C=O) groups excluding carboxylic acids is 2. The van der Waals surface area contributed by atoms with Gasteiger partial charge in [0, 0.05) is 25.4 Å². The fourth-order valence-electron chi connectivity index (χ4n) is 8.17. The van der Waals surface area contributed by atoms with E-state index in [1.807, 2.05) is 13.8 Å². The van der Waals surface area contributed by atoms with Gasteiger partial charge in [-0.25, -0.2) is 9.59 Å². The summed E-state index contributed by atoms with van der Waals surface area (Å²) < 4.78 is 52.1. The molecule has 330 valence electrons. The summed E-state index contributed by atoms with van der Waals surface area (Å²) >= 11 is 0. The molecule has 2 amide bonds. The summed E-state index contributed by atoms with van der Waals surface area (Å²) in [5, 5.41) is 5.75. The molecule has 0 unspecified atom stereocenters. The number of hydrogen-bond acceptors (Lipinski definition) is 13. The number of amides is 2. The molecule has 1 aromatic rings. The second-order valence-electron chi connectivity index (χ2n) is 17.4. The summed E-state index contributed by atoms with van der Waals surface area (Å²) in [4.78, 5) is 53.9. The summed E-state index contributed by atoms with van der Waals surface area (Å²) in [5.74, 6) is -2.51. The van der Waals surface area contributed by atoms with Gasteiger partial charge in [0.05, 0.1) is 0 Å². The quantitative estimate of drug-likeness (QED) is 0.128. The van der Waals surface area contributed by atoms with E-state index in [4.69, 9.17) is 43.6 Å². The number of unbranched alkanes of at least 4 members (excludes halogenated alkanes) is 9. The van der Waals surface area contributed by atoms with E-state index in [0.717, 1.165) is 25.7 Å². The van der Waals surface area contributed by atoms with Gasteiger partial charge in [0.2, 0.25) is 5.91 Å². The maximum Gasteiger partial charge on any atom is 0.407 e. The number of ether oxygens (including phenoxy) is 8. The lowest BCUT2D eigenvalue weighted by Crippen LogP contribution is -2.58. The molecular weight excluding hydrogens is 754 g/mol. The van der Waals surface area contributed by atoms with E-state index in [-0.39, 0.29) is 6.54 Å². The minimum atomic E-state index is -1.31. The Hall–Kier alpha value is -2.90. The number of aromatic nitrogens is 2. The van der Waals surface area contributed by atoms with Gasteiger partial charge in [0.25, 0.3) is 5.56 Å². The van der Waals surface area contributed by atoms with Crippen LogP contribution in [0.1, 0.15) is 139 Å². The van der Waals surface area contributed by atoms with Gasteiger partial charge in [-0.1, -0.05) is 78.6 Å². The van der Waals surface area contributed by atoms with Crippen molar-refractivity contribution in [1.82, 2.24) is 20.2 Å². The van der Waals surface area contributed by atoms with Crippen LogP contribution >= 0.6 is 0 Å². The fourth-order valence-corrected chi connectivity index (χ4v) is 8.17. The van der Waals surface area contributed by atoms with Gasteiger partial charge in [-0.2, -0.15) is 0 Å². The molecule has 4 fully saturated rings. The minimum Gasteiger partial charge on any atom is -0.444 e. The van der Waals surface area contributed by atoms with Crippen molar-refractivity contribution in [3.63, 3.8) is 0 Å². The number of aromatic amines is 1. The topological polar surface area (TPSA) is 213 Å². The van der Waals surface area contributed by atoms with Crippen LogP contribution in [0.5, 0.6) is 0 Å². The lowest BCUT2D eigenvalue weighted by molar-refractivity contribution is -0.274. The van der Waals surface area contributed by atoms with Crippen LogP contribution in [-0.2, 0) is 42.7 Å². The Morgan fingerprint density at radius 1 is 0.862 bits per heavy atom. The number of rotatable bonds is 21. The van der Waals surface area contributed by atoms with E-state index in [9.17, 15) is 19.2 Å². The lowest BCUT2D eigenvalue weighted by Gasteiger charge is -2.35.